The summed E-state index contributed by atoms with van der Waals surface area (Å²) in [6.07, 6.45) is 1.58. The Balaban J connectivity index is 1.55. The molecule has 142 valence electrons. The van der Waals surface area contributed by atoms with Crippen LogP contribution in [0.4, 0.5) is 11.4 Å². The van der Waals surface area contributed by atoms with Crippen molar-refractivity contribution in [1.29, 1.82) is 0 Å². The summed E-state index contributed by atoms with van der Waals surface area (Å²) in [7, 11) is 0. The molecule has 2 amide bonds. The lowest BCUT2D eigenvalue weighted by atomic mass is 10.2. The SMILES string of the molecule is CC(=O)Nc1ccc2c(c1)N(CCCCOc1ccc(Cl)cc1)C(=O)CO2. The van der Waals surface area contributed by atoms with Gasteiger partial charge >= 0.3 is 0 Å². The zero-order valence-electron chi connectivity index (χ0n) is 15.0. The molecule has 1 aliphatic rings. The first-order chi connectivity index (χ1) is 13.0. The molecule has 2 aromatic carbocycles. The molecule has 0 bridgehead atoms. The maximum absolute atomic E-state index is 12.3. The molecule has 1 heterocycles. The van der Waals surface area contributed by atoms with Crippen molar-refractivity contribution in [3.05, 3.63) is 47.5 Å². The number of rotatable bonds is 7. The minimum atomic E-state index is -0.163. The average Bonchev–Trinajstić information content (AvgIpc) is 2.64. The summed E-state index contributed by atoms with van der Waals surface area (Å²) in [6, 6.07) is 12.5. The van der Waals surface area contributed by atoms with Crippen molar-refractivity contribution in [3.8, 4) is 11.5 Å². The monoisotopic (exact) mass is 388 g/mol. The van der Waals surface area contributed by atoms with E-state index in [4.69, 9.17) is 21.1 Å². The molecule has 27 heavy (non-hydrogen) atoms. The van der Waals surface area contributed by atoms with E-state index in [9.17, 15) is 9.59 Å². The topological polar surface area (TPSA) is 67.9 Å². The second kappa shape index (κ2) is 8.77. The molecule has 0 radical (unpaired) electrons. The van der Waals surface area contributed by atoms with Gasteiger partial charge in [0.1, 0.15) is 11.5 Å². The van der Waals surface area contributed by atoms with Crippen LogP contribution in [0.25, 0.3) is 0 Å². The fourth-order valence-corrected chi connectivity index (χ4v) is 2.95. The summed E-state index contributed by atoms with van der Waals surface area (Å²) in [5, 5.41) is 3.40. The molecule has 0 unspecified atom stereocenters. The van der Waals surface area contributed by atoms with Crippen LogP contribution in [0.2, 0.25) is 5.02 Å². The quantitative estimate of drug-likeness (QED) is 0.731. The zero-order chi connectivity index (χ0) is 19.2. The van der Waals surface area contributed by atoms with Crippen LogP contribution in [0.5, 0.6) is 11.5 Å². The van der Waals surface area contributed by atoms with Crippen molar-refractivity contribution in [2.24, 2.45) is 0 Å². The number of unbranched alkanes of at least 4 members (excludes halogenated alkanes) is 1. The predicted molar refractivity (Wildman–Crippen MR) is 105 cm³/mol. The number of fused-ring (bicyclic) bond motifs is 1. The van der Waals surface area contributed by atoms with Gasteiger partial charge in [-0.1, -0.05) is 11.6 Å². The second-order valence-corrected chi connectivity index (χ2v) is 6.64. The van der Waals surface area contributed by atoms with Gasteiger partial charge in [-0.05, 0) is 55.3 Å². The van der Waals surface area contributed by atoms with Gasteiger partial charge in [0.25, 0.3) is 5.91 Å². The molecule has 7 heteroatoms. The first kappa shape index (κ1) is 19.0. The second-order valence-electron chi connectivity index (χ2n) is 6.21. The van der Waals surface area contributed by atoms with Gasteiger partial charge in [-0.2, -0.15) is 0 Å². The number of hydrogen-bond acceptors (Lipinski definition) is 4. The molecule has 6 nitrogen and oxygen atoms in total. The van der Waals surface area contributed by atoms with Gasteiger partial charge in [0, 0.05) is 24.2 Å². The number of amides is 2. The van der Waals surface area contributed by atoms with Gasteiger partial charge in [-0.3, -0.25) is 9.59 Å². The van der Waals surface area contributed by atoms with Gasteiger partial charge < -0.3 is 19.7 Å². The molecule has 0 aliphatic carbocycles. The summed E-state index contributed by atoms with van der Waals surface area (Å²) in [5.41, 5.74) is 1.31. The summed E-state index contributed by atoms with van der Waals surface area (Å²) < 4.78 is 11.2. The van der Waals surface area contributed by atoms with Crippen LogP contribution in [0.3, 0.4) is 0 Å². The van der Waals surface area contributed by atoms with Crippen molar-refractivity contribution in [2.75, 3.05) is 30.0 Å². The third-order valence-corrected chi connectivity index (χ3v) is 4.33. The van der Waals surface area contributed by atoms with E-state index < -0.39 is 0 Å². The number of carbonyl (C=O) groups is 2. The van der Waals surface area contributed by atoms with Gasteiger partial charge in [0.15, 0.2) is 6.61 Å². The van der Waals surface area contributed by atoms with Gasteiger partial charge in [-0.25, -0.2) is 0 Å². The van der Waals surface area contributed by atoms with Crippen LogP contribution >= 0.6 is 11.6 Å². The summed E-state index contributed by atoms with van der Waals surface area (Å²) >= 11 is 5.85. The maximum Gasteiger partial charge on any atom is 0.265 e. The number of nitrogens with one attached hydrogen (secondary N) is 1. The number of nitrogens with zero attached hydrogens (tertiary/aromatic N) is 1. The van der Waals surface area contributed by atoms with Crippen LogP contribution in [0.15, 0.2) is 42.5 Å². The molecule has 0 spiro atoms. The fraction of sp³-hybridized carbons (Fsp3) is 0.300. The first-order valence-electron chi connectivity index (χ1n) is 8.76. The van der Waals surface area contributed by atoms with Crippen LogP contribution in [0, 0.1) is 0 Å². The third kappa shape index (κ3) is 5.14. The number of carbonyl (C=O) groups excluding carboxylic acids is 2. The number of hydrogen-bond donors (Lipinski definition) is 1. The Bertz CT molecular complexity index is 823. The molecule has 0 saturated heterocycles. The number of halogens is 1. The van der Waals surface area contributed by atoms with Crippen molar-refractivity contribution in [2.45, 2.75) is 19.8 Å². The van der Waals surface area contributed by atoms with Crippen LogP contribution < -0.4 is 19.7 Å². The minimum absolute atomic E-state index is 0.0216. The van der Waals surface area contributed by atoms with Crippen LogP contribution in [-0.2, 0) is 9.59 Å². The molecule has 0 fully saturated rings. The highest BCUT2D eigenvalue weighted by Gasteiger charge is 2.25. The Morgan fingerprint density at radius 3 is 2.74 bits per heavy atom. The predicted octanol–water partition coefficient (Wildman–Crippen LogP) is 3.88. The van der Waals surface area contributed by atoms with Gasteiger partial charge in [0.05, 0.1) is 12.3 Å². The van der Waals surface area contributed by atoms with Crippen LogP contribution in [-0.4, -0.2) is 31.6 Å². The number of benzene rings is 2. The third-order valence-electron chi connectivity index (χ3n) is 4.08. The molecule has 0 atom stereocenters. The Hall–Kier alpha value is -2.73. The van der Waals surface area contributed by atoms with E-state index in [1.165, 1.54) is 6.92 Å². The van der Waals surface area contributed by atoms with E-state index in [1.54, 1.807) is 35.2 Å². The standard InChI is InChI=1S/C20H21ClN2O4/c1-14(24)22-16-6-9-19-18(12-16)23(20(25)13-27-19)10-2-3-11-26-17-7-4-15(21)5-8-17/h4-9,12H,2-3,10-11,13H2,1H3,(H,22,24). The van der Waals surface area contributed by atoms with Gasteiger partial charge in [0.2, 0.25) is 5.91 Å². The summed E-state index contributed by atoms with van der Waals surface area (Å²) in [4.78, 5) is 25.2. The largest absolute Gasteiger partial charge is 0.494 e. The van der Waals surface area contributed by atoms with E-state index in [1.807, 2.05) is 12.1 Å². The van der Waals surface area contributed by atoms with E-state index in [-0.39, 0.29) is 18.4 Å². The maximum atomic E-state index is 12.3. The molecule has 2 aromatic rings. The average molecular weight is 389 g/mol. The Labute approximate surface area is 163 Å². The Morgan fingerprint density at radius 1 is 1.22 bits per heavy atom. The molecule has 0 aromatic heterocycles. The van der Waals surface area contributed by atoms with Crippen LogP contribution in [0.1, 0.15) is 19.8 Å². The highest BCUT2D eigenvalue weighted by atomic mass is 35.5. The highest BCUT2D eigenvalue weighted by Crippen LogP contribution is 2.34. The van der Waals surface area contributed by atoms with E-state index in [0.29, 0.717) is 35.3 Å². The Kier molecular flexibility index (Phi) is 6.19. The minimum Gasteiger partial charge on any atom is -0.494 e. The summed E-state index contributed by atoms with van der Waals surface area (Å²) in [6.45, 7) is 2.58. The van der Waals surface area contributed by atoms with Crippen molar-refractivity contribution < 1.29 is 19.1 Å². The lowest BCUT2D eigenvalue weighted by Crippen LogP contribution is -2.39. The zero-order valence-corrected chi connectivity index (χ0v) is 15.8. The molecule has 0 saturated carbocycles. The lowest BCUT2D eigenvalue weighted by molar-refractivity contribution is -0.121. The van der Waals surface area contributed by atoms with Gasteiger partial charge in [-0.15, -0.1) is 0 Å². The number of anilines is 2. The van der Waals surface area contributed by atoms with Crippen molar-refractivity contribution >= 4 is 34.8 Å². The smallest absolute Gasteiger partial charge is 0.265 e. The molecular formula is C20H21ClN2O4. The molecule has 1 N–H and O–H groups in total. The highest BCUT2D eigenvalue weighted by molar-refractivity contribution is 6.30. The number of ether oxygens (including phenoxy) is 2. The Morgan fingerprint density at radius 2 is 2.00 bits per heavy atom. The van der Waals surface area contributed by atoms with E-state index in [2.05, 4.69) is 5.32 Å². The normalized spacial score (nSPS) is 13.0. The van der Waals surface area contributed by atoms with Crippen molar-refractivity contribution in [1.82, 2.24) is 0 Å². The molecule has 1 aliphatic heterocycles. The first-order valence-corrected chi connectivity index (χ1v) is 9.14. The fourth-order valence-electron chi connectivity index (χ4n) is 2.82. The van der Waals surface area contributed by atoms with E-state index in [0.717, 1.165) is 18.6 Å². The van der Waals surface area contributed by atoms with E-state index >= 15 is 0 Å². The summed E-state index contributed by atoms with van der Waals surface area (Å²) in [5.74, 6) is 1.15. The lowest BCUT2D eigenvalue weighted by Gasteiger charge is -2.29. The molecule has 3 rings (SSSR count). The molecular weight excluding hydrogens is 368 g/mol. The van der Waals surface area contributed by atoms with Crippen molar-refractivity contribution in [3.63, 3.8) is 0 Å².